The first-order valence-corrected chi connectivity index (χ1v) is 6.51. The molecule has 1 aromatic heterocycles. The average Bonchev–Trinajstić information content (AvgIpc) is 2.35. The Balaban J connectivity index is 2.16. The molecule has 0 saturated heterocycles. The van der Waals surface area contributed by atoms with Crippen molar-refractivity contribution < 1.29 is 5.11 Å². The second-order valence-corrected chi connectivity index (χ2v) is 5.00. The molecule has 0 radical (unpaired) electrons. The van der Waals surface area contributed by atoms with Crippen LogP contribution >= 0.6 is 15.9 Å². The van der Waals surface area contributed by atoms with Crippen molar-refractivity contribution in [1.29, 1.82) is 0 Å². The minimum Gasteiger partial charge on any atom is -0.506 e. The van der Waals surface area contributed by atoms with Crippen molar-refractivity contribution in [2.24, 2.45) is 0 Å². The van der Waals surface area contributed by atoms with Crippen LogP contribution < -0.4 is 5.32 Å². The topological polar surface area (TPSA) is 45.1 Å². The molecule has 0 aliphatic rings. The summed E-state index contributed by atoms with van der Waals surface area (Å²) in [5.41, 5.74) is 3.72. The Labute approximate surface area is 115 Å². The van der Waals surface area contributed by atoms with Gasteiger partial charge in [0, 0.05) is 15.9 Å². The molecule has 94 valence electrons. The number of aryl methyl sites for hydroxylation is 2. The van der Waals surface area contributed by atoms with Gasteiger partial charge >= 0.3 is 0 Å². The number of benzene rings is 1. The molecule has 1 heterocycles. The summed E-state index contributed by atoms with van der Waals surface area (Å²) in [4.78, 5) is 4.31. The lowest BCUT2D eigenvalue weighted by Gasteiger charge is -2.11. The van der Waals surface area contributed by atoms with Crippen molar-refractivity contribution in [2.75, 3.05) is 5.32 Å². The van der Waals surface area contributed by atoms with Gasteiger partial charge in [-0.25, -0.2) is 0 Å². The molecular formula is C14H15BrN2O. The van der Waals surface area contributed by atoms with Crippen LogP contribution in [0.15, 0.2) is 34.8 Å². The number of rotatable bonds is 3. The second kappa shape index (κ2) is 5.40. The third-order valence-electron chi connectivity index (χ3n) is 2.73. The zero-order chi connectivity index (χ0) is 13.1. The van der Waals surface area contributed by atoms with E-state index in [0.717, 1.165) is 15.9 Å². The third kappa shape index (κ3) is 2.82. The van der Waals surface area contributed by atoms with Crippen LogP contribution in [-0.4, -0.2) is 10.1 Å². The highest BCUT2D eigenvalue weighted by atomic mass is 79.9. The van der Waals surface area contributed by atoms with E-state index in [0.29, 0.717) is 12.2 Å². The fourth-order valence-electron chi connectivity index (χ4n) is 1.70. The van der Waals surface area contributed by atoms with Gasteiger partial charge in [0.05, 0.1) is 6.54 Å². The molecule has 2 rings (SSSR count). The molecular weight excluding hydrogens is 292 g/mol. The summed E-state index contributed by atoms with van der Waals surface area (Å²) in [6.07, 6.45) is 0. The molecule has 2 N–H and O–H groups in total. The number of nitrogens with zero attached hydrogens (tertiary/aromatic N) is 1. The highest BCUT2D eigenvalue weighted by Gasteiger charge is 2.05. The van der Waals surface area contributed by atoms with E-state index in [2.05, 4.69) is 26.2 Å². The molecule has 0 amide bonds. The molecule has 0 spiro atoms. The van der Waals surface area contributed by atoms with Crippen LogP contribution in [0, 0.1) is 13.8 Å². The van der Waals surface area contributed by atoms with E-state index in [4.69, 9.17) is 0 Å². The Hall–Kier alpha value is -1.55. The SMILES string of the molecule is Cc1ccc(O)c(CNc2cccc(C)c2Br)n1. The fourth-order valence-corrected chi connectivity index (χ4v) is 2.10. The Morgan fingerprint density at radius 1 is 1.22 bits per heavy atom. The first-order chi connectivity index (χ1) is 8.58. The predicted octanol–water partition coefficient (Wildman–Crippen LogP) is 3.78. The highest BCUT2D eigenvalue weighted by Crippen LogP contribution is 2.26. The zero-order valence-electron chi connectivity index (χ0n) is 10.4. The van der Waals surface area contributed by atoms with Gasteiger partial charge in [0.1, 0.15) is 11.4 Å². The maximum atomic E-state index is 9.72. The first kappa shape index (κ1) is 12.9. The second-order valence-electron chi connectivity index (χ2n) is 4.21. The molecule has 4 heteroatoms. The minimum absolute atomic E-state index is 0.219. The maximum absolute atomic E-state index is 9.72. The van der Waals surface area contributed by atoms with Crippen molar-refractivity contribution in [3.63, 3.8) is 0 Å². The molecule has 0 fully saturated rings. The van der Waals surface area contributed by atoms with Gasteiger partial charge in [-0.1, -0.05) is 12.1 Å². The monoisotopic (exact) mass is 306 g/mol. The summed E-state index contributed by atoms with van der Waals surface area (Å²) in [7, 11) is 0. The average molecular weight is 307 g/mol. The molecule has 0 aliphatic heterocycles. The van der Waals surface area contributed by atoms with E-state index in [-0.39, 0.29) is 5.75 Å². The van der Waals surface area contributed by atoms with Gasteiger partial charge in [-0.2, -0.15) is 0 Å². The number of anilines is 1. The van der Waals surface area contributed by atoms with Crippen molar-refractivity contribution in [2.45, 2.75) is 20.4 Å². The van der Waals surface area contributed by atoms with Crippen LogP contribution in [0.1, 0.15) is 17.0 Å². The number of pyridine rings is 1. The Morgan fingerprint density at radius 3 is 2.78 bits per heavy atom. The van der Waals surface area contributed by atoms with Gasteiger partial charge < -0.3 is 10.4 Å². The maximum Gasteiger partial charge on any atom is 0.138 e. The Bertz CT molecular complexity index is 568. The van der Waals surface area contributed by atoms with Gasteiger partial charge in [-0.05, 0) is 53.5 Å². The van der Waals surface area contributed by atoms with Gasteiger partial charge in [0.15, 0.2) is 0 Å². The Kier molecular flexibility index (Phi) is 3.87. The quantitative estimate of drug-likeness (QED) is 0.907. The molecule has 0 bridgehead atoms. The van der Waals surface area contributed by atoms with E-state index in [1.165, 1.54) is 5.56 Å². The van der Waals surface area contributed by atoms with Crippen LogP contribution in [0.25, 0.3) is 0 Å². The molecule has 0 saturated carbocycles. The van der Waals surface area contributed by atoms with Crippen LogP contribution in [0.5, 0.6) is 5.75 Å². The smallest absolute Gasteiger partial charge is 0.138 e. The van der Waals surface area contributed by atoms with Crippen molar-refractivity contribution in [3.8, 4) is 5.75 Å². The number of aromatic nitrogens is 1. The van der Waals surface area contributed by atoms with Crippen LogP contribution in [0.4, 0.5) is 5.69 Å². The normalized spacial score (nSPS) is 10.4. The minimum atomic E-state index is 0.219. The van der Waals surface area contributed by atoms with Gasteiger partial charge in [-0.3, -0.25) is 4.98 Å². The van der Waals surface area contributed by atoms with Crippen LogP contribution in [0.3, 0.4) is 0 Å². The van der Waals surface area contributed by atoms with Crippen LogP contribution in [-0.2, 0) is 6.54 Å². The molecule has 0 atom stereocenters. The van der Waals surface area contributed by atoms with Gasteiger partial charge in [0.2, 0.25) is 0 Å². The van der Waals surface area contributed by atoms with E-state index >= 15 is 0 Å². The lowest BCUT2D eigenvalue weighted by molar-refractivity contribution is 0.464. The molecule has 2 aromatic rings. The summed E-state index contributed by atoms with van der Waals surface area (Å²) in [6.45, 7) is 4.44. The Morgan fingerprint density at radius 2 is 2.00 bits per heavy atom. The fraction of sp³-hybridized carbons (Fsp3) is 0.214. The zero-order valence-corrected chi connectivity index (χ0v) is 12.0. The lowest BCUT2D eigenvalue weighted by Crippen LogP contribution is -2.03. The number of hydrogen-bond donors (Lipinski definition) is 2. The molecule has 1 aromatic carbocycles. The van der Waals surface area contributed by atoms with Crippen molar-refractivity contribution in [1.82, 2.24) is 4.98 Å². The van der Waals surface area contributed by atoms with E-state index in [9.17, 15) is 5.11 Å². The van der Waals surface area contributed by atoms with E-state index in [1.54, 1.807) is 12.1 Å². The lowest BCUT2D eigenvalue weighted by atomic mass is 10.2. The van der Waals surface area contributed by atoms with E-state index < -0.39 is 0 Å². The molecule has 0 aliphatic carbocycles. The predicted molar refractivity (Wildman–Crippen MR) is 76.8 cm³/mol. The standard InChI is InChI=1S/C14H15BrN2O/c1-9-4-3-5-11(14(9)15)16-8-12-13(18)7-6-10(2)17-12/h3-7,16,18H,8H2,1-2H3. The van der Waals surface area contributed by atoms with Crippen molar-refractivity contribution >= 4 is 21.6 Å². The van der Waals surface area contributed by atoms with Gasteiger partial charge in [-0.15, -0.1) is 0 Å². The van der Waals surface area contributed by atoms with E-state index in [1.807, 2.05) is 32.0 Å². The number of nitrogens with one attached hydrogen (secondary N) is 1. The first-order valence-electron chi connectivity index (χ1n) is 5.72. The number of hydrogen-bond acceptors (Lipinski definition) is 3. The summed E-state index contributed by atoms with van der Waals surface area (Å²) >= 11 is 3.54. The number of aromatic hydroxyl groups is 1. The molecule has 18 heavy (non-hydrogen) atoms. The third-order valence-corrected chi connectivity index (χ3v) is 3.78. The highest BCUT2D eigenvalue weighted by molar-refractivity contribution is 9.10. The summed E-state index contributed by atoms with van der Waals surface area (Å²) < 4.78 is 1.04. The van der Waals surface area contributed by atoms with Crippen LogP contribution in [0.2, 0.25) is 0 Å². The molecule has 3 nitrogen and oxygen atoms in total. The molecule has 0 unspecified atom stereocenters. The summed E-state index contributed by atoms with van der Waals surface area (Å²) in [5.74, 6) is 0.219. The summed E-state index contributed by atoms with van der Waals surface area (Å²) in [6, 6.07) is 9.49. The largest absolute Gasteiger partial charge is 0.506 e. The number of halogens is 1. The summed E-state index contributed by atoms with van der Waals surface area (Å²) in [5, 5.41) is 13.0. The van der Waals surface area contributed by atoms with Gasteiger partial charge in [0.25, 0.3) is 0 Å². The van der Waals surface area contributed by atoms with Crippen molar-refractivity contribution in [3.05, 3.63) is 51.8 Å².